The summed E-state index contributed by atoms with van der Waals surface area (Å²) < 4.78 is 5.74. The van der Waals surface area contributed by atoms with E-state index in [2.05, 4.69) is 31.3 Å². The predicted octanol–water partition coefficient (Wildman–Crippen LogP) is 3.13. The Morgan fingerprint density at radius 1 is 1.29 bits per heavy atom. The zero-order valence-corrected chi connectivity index (χ0v) is 13.8. The molecule has 21 heavy (non-hydrogen) atoms. The molecule has 0 spiro atoms. The summed E-state index contributed by atoms with van der Waals surface area (Å²) in [7, 11) is 0. The first kappa shape index (κ1) is 17.0. The van der Waals surface area contributed by atoms with Gasteiger partial charge in [0.2, 0.25) is 0 Å². The highest BCUT2D eigenvalue weighted by atomic mass is 16.5. The van der Waals surface area contributed by atoms with Crippen molar-refractivity contribution in [3.05, 3.63) is 12.2 Å². The van der Waals surface area contributed by atoms with E-state index in [0.29, 0.717) is 31.0 Å². The van der Waals surface area contributed by atoms with Crippen molar-refractivity contribution in [1.29, 1.82) is 0 Å². The van der Waals surface area contributed by atoms with Crippen molar-refractivity contribution in [2.24, 2.45) is 17.8 Å². The number of hydrogen-bond donors (Lipinski definition) is 2. The van der Waals surface area contributed by atoms with E-state index in [0.717, 1.165) is 31.8 Å². The minimum atomic E-state index is -0.382. The fraction of sp³-hybridized carbons (Fsp3) is 0.889. The molecule has 0 aromatic carbocycles. The maximum atomic E-state index is 10.0. The molecule has 0 aromatic heterocycles. The highest BCUT2D eigenvalue weighted by molar-refractivity contribution is 4.93. The van der Waals surface area contributed by atoms with Crippen LogP contribution in [0.2, 0.25) is 0 Å². The Balaban J connectivity index is 1.54. The lowest BCUT2D eigenvalue weighted by Crippen LogP contribution is -2.37. The Bertz CT molecular complexity index is 314. The Morgan fingerprint density at radius 3 is 2.71 bits per heavy atom. The largest absolute Gasteiger partial charge is 0.389 e. The lowest BCUT2D eigenvalue weighted by molar-refractivity contribution is 0.0117. The molecule has 3 nitrogen and oxygen atoms in total. The summed E-state index contributed by atoms with van der Waals surface area (Å²) in [6, 6.07) is 0.565. The average Bonchev–Trinajstić information content (AvgIpc) is 3.29. The van der Waals surface area contributed by atoms with Gasteiger partial charge in [0.05, 0.1) is 19.3 Å². The zero-order valence-electron chi connectivity index (χ0n) is 13.8. The lowest BCUT2D eigenvalue weighted by Gasteiger charge is -2.25. The summed E-state index contributed by atoms with van der Waals surface area (Å²) in [4.78, 5) is 0. The van der Waals surface area contributed by atoms with Gasteiger partial charge < -0.3 is 15.2 Å². The van der Waals surface area contributed by atoms with E-state index >= 15 is 0 Å². The van der Waals surface area contributed by atoms with E-state index in [9.17, 15) is 5.11 Å². The van der Waals surface area contributed by atoms with Gasteiger partial charge in [-0.05, 0) is 43.4 Å². The summed E-state index contributed by atoms with van der Waals surface area (Å²) in [6.07, 6.45) is 11.7. The van der Waals surface area contributed by atoms with E-state index in [1.807, 2.05) is 0 Å². The normalized spacial score (nSPS) is 28.5. The molecular weight excluding hydrogens is 262 g/mol. The molecule has 1 saturated carbocycles. The number of rotatable bonds is 10. The molecule has 0 heterocycles. The van der Waals surface area contributed by atoms with Crippen LogP contribution in [0.3, 0.4) is 0 Å². The minimum absolute atomic E-state index is 0.382. The van der Waals surface area contributed by atoms with Crippen LogP contribution < -0.4 is 5.32 Å². The van der Waals surface area contributed by atoms with Crippen molar-refractivity contribution in [2.75, 3.05) is 19.8 Å². The first-order valence-electron chi connectivity index (χ1n) is 8.83. The highest BCUT2D eigenvalue weighted by Crippen LogP contribution is 2.34. The van der Waals surface area contributed by atoms with Crippen LogP contribution in [-0.4, -0.2) is 37.0 Å². The van der Waals surface area contributed by atoms with E-state index < -0.39 is 0 Å². The van der Waals surface area contributed by atoms with Crippen molar-refractivity contribution in [3.8, 4) is 0 Å². The van der Waals surface area contributed by atoms with Crippen LogP contribution in [0.15, 0.2) is 12.2 Å². The molecule has 0 amide bonds. The Labute approximate surface area is 130 Å². The van der Waals surface area contributed by atoms with E-state index in [4.69, 9.17) is 4.74 Å². The van der Waals surface area contributed by atoms with Gasteiger partial charge in [-0.1, -0.05) is 38.8 Å². The Hall–Kier alpha value is -0.380. The van der Waals surface area contributed by atoms with Crippen molar-refractivity contribution in [3.63, 3.8) is 0 Å². The quantitative estimate of drug-likeness (QED) is 0.608. The second-order valence-corrected chi connectivity index (χ2v) is 7.06. The van der Waals surface area contributed by atoms with Gasteiger partial charge in [-0.2, -0.15) is 0 Å². The van der Waals surface area contributed by atoms with Gasteiger partial charge in [0.25, 0.3) is 0 Å². The molecule has 0 aliphatic heterocycles. The number of allylic oxidation sites excluding steroid dienone is 2. The van der Waals surface area contributed by atoms with Crippen molar-refractivity contribution in [2.45, 2.75) is 64.5 Å². The van der Waals surface area contributed by atoms with Crippen molar-refractivity contribution < 1.29 is 9.84 Å². The first-order valence-corrected chi connectivity index (χ1v) is 8.83. The van der Waals surface area contributed by atoms with Gasteiger partial charge in [-0.3, -0.25) is 0 Å². The maximum absolute atomic E-state index is 10.0. The molecule has 122 valence electrons. The van der Waals surface area contributed by atoms with E-state index in [1.54, 1.807) is 0 Å². The fourth-order valence-corrected chi connectivity index (χ4v) is 3.11. The SMILES string of the molecule is CCC(CC1CC1)NCC(O)COCC1CC=CCC1C. The van der Waals surface area contributed by atoms with E-state index in [-0.39, 0.29) is 6.10 Å². The van der Waals surface area contributed by atoms with E-state index in [1.165, 1.54) is 19.3 Å². The third-order valence-electron chi connectivity index (χ3n) is 5.01. The van der Waals surface area contributed by atoms with Crippen LogP contribution >= 0.6 is 0 Å². The number of nitrogens with one attached hydrogen (secondary N) is 1. The smallest absolute Gasteiger partial charge is 0.0897 e. The minimum Gasteiger partial charge on any atom is -0.389 e. The zero-order chi connectivity index (χ0) is 15.1. The van der Waals surface area contributed by atoms with Crippen molar-refractivity contribution in [1.82, 2.24) is 5.32 Å². The van der Waals surface area contributed by atoms with Crippen LogP contribution in [0.25, 0.3) is 0 Å². The third-order valence-corrected chi connectivity index (χ3v) is 5.01. The second-order valence-electron chi connectivity index (χ2n) is 7.06. The second kappa shape index (κ2) is 8.92. The molecule has 2 N–H and O–H groups in total. The monoisotopic (exact) mass is 295 g/mol. The van der Waals surface area contributed by atoms with Crippen LogP contribution in [0.5, 0.6) is 0 Å². The Morgan fingerprint density at radius 2 is 2.05 bits per heavy atom. The lowest BCUT2D eigenvalue weighted by atomic mass is 9.85. The van der Waals surface area contributed by atoms with Gasteiger partial charge >= 0.3 is 0 Å². The molecule has 0 saturated heterocycles. The van der Waals surface area contributed by atoms with Gasteiger partial charge in [0.1, 0.15) is 0 Å². The molecule has 2 aliphatic carbocycles. The molecule has 0 bridgehead atoms. The van der Waals surface area contributed by atoms with Gasteiger partial charge in [0.15, 0.2) is 0 Å². The van der Waals surface area contributed by atoms with Gasteiger partial charge in [-0.25, -0.2) is 0 Å². The third kappa shape index (κ3) is 6.50. The summed E-state index contributed by atoms with van der Waals surface area (Å²) in [5.74, 6) is 2.26. The fourth-order valence-electron chi connectivity index (χ4n) is 3.11. The highest BCUT2D eigenvalue weighted by Gasteiger charge is 2.25. The number of aliphatic hydroxyl groups is 1. The number of hydrogen-bond acceptors (Lipinski definition) is 3. The van der Waals surface area contributed by atoms with Crippen LogP contribution in [0, 0.1) is 17.8 Å². The number of aliphatic hydroxyl groups excluding tert-OH is 1. The molecule has 1 fully saturated rings. The Kier molecular flexibility index (Phi) is 7.21. The number of ether oxygens (including phenoxy) is 1. The molecular formula is C18H33NO2. The molecule has 0 aromatic rings. The van der Waals surface area contributed by atoms with Gasteiger partial charge in [-0.15, -0.1) is 0 Å². The molecule has 4 unspecified atom stereocenters. The summed E-state index contributed by atoms with van der Waals surface area (Å²) >= 11 is 0. The molecule has 2 aliphatic rings. The summed E-state index contributed by atoms with van der Waals surface area (Å²) in [5.41, 5.74) is 0. The predicted molar refractivity (Wildman–Crippen MR) is 87.3 cm³/mol. The first-order chi connectivity index (χ1) is 10.2. The van der Waals surface area contributed by atoms with Crippen LogP contribution in [-0.2, 0) is 4.74 Å². The standard InChI is InChI=1S/C18H33NO2/c1-3-17(10-15-8-9-15)19-11-18(20)13-21-12-16-7-5-4-6-14(16)2/h4-5,14-20H,3,6-13H2,1-2H3. The van der Waals surface area contributed by atoms with Crippen LogP contribution in [0.4, 0.5) is 0 Å². The molecule has 4 atom stereocenters. The average molecular weight is 295 g/mol. The molecule has 2 rings (SSSR count). The summed E-state index contributed by atoms with van der Waals surface area (Å²) in [5, 5.41) is 13.5. The topological polar surface area (TPSA) is 41.5 Å². The summed E-state index contributed by atoms with van der Waals surface area (Å²) in [6.45, 7) is 6.41. The molecule has 0 radical (unpaired) electrons. The van der Waals surface area contributed by atoms with Gasteiger partial charge in [0, 0.05) is 12.6 Å². The van der Waals surface area contributed by atoms with Crippen LogP contribution in [0.1, 0.15) is 52.4 Å². The molecule has 3 heteroatoms. The van der Waals surface area contributed by atoms with Crippen molar-refractivity contribution >= 4 is 0 Å². The maximum Gasteiger partial charge on any atom is 0.0897 e.